The van der Waals surface area contributed by atoms with Crippen LogP contribution in [0.2, 0.25) is 0 Å². The molecule has 4 aromatic rings. The van der Waals surface area contributed by atoms with Gasteiger partial charge in [0.2, 0.25) is 25.7 Å². The third-order valence-electron chi connectivity index (χ3n) is 12.1. The predicted octanol–water partition coefficient (Wildman–Crippen LogP) is 6.00. The number of nitrogens with zero attached hydrogens (tertiary/aromatic N) is 2. The number of anilines is 1. The van der Waals surface area contributed by atoms with Gasteiger partial charge in [-0.05, 0) is 73.0 Å². The highest BCUT2D eigenvalue weighted by atomic mass is 32.2. The summed E-state index contributed by atoms with van der Waals surface area (Å²) >= 11 is 0. The van der Waals surface area contributed by atoms with Crippen LogP contribution < -0.4 is 14.3 Å². The van der Waals surface area contributed by atoms with E-state index in [0.29, 0.717) is 22.3 Å². The topological polar surface area (TPSA) is 265 Å². The minimum Gasteiger partial charge on any atom is -0.748 e. The summed E-state index contributed by atoms with van der Waals surface area (Å²) in [4.78, 5) is 1.11. The summed E-state index contributed by atoms with van der Waals surface area (Å²) in [6.07, 6.45) is 12.1. The van der Waals surface area contributed by atoms with Crippen LogP contribution in [0.1, 0.15) is 78.4 Å². The summed E-state index contributed by atoms with van der Waals surface area (Å²) < 4.78 is 163. The highest BCUT2D eigenvalue weighted by Gasteiger charge is 2.46. The lowest BCUT2D eigenvalue weighted by Crippen LogP contribution is -2.30. The maximum atomic E-state index is 13.6. The van der Waals surface area contributed by atoms with Gasteiger partial charge >= 0.3 is 0 Å². The van der Waals surface area contributed by atoms with Crippen molar-refractivity contribution in [3.05, 3.63) is 102 Å². The Bertz CT molecular complexity index is 3340. The van der Waals surface area contributed by atoms with E-state index >= 15 is 0 Å². The Hall–Kier alpha value is -4.36. The van der Waals surface area contributed by atoms with Crippen LogP contribution in [0.3, 0.4) is 0 Å². The fourth-order valence-electron chi connectivity index (χ4n) is 9.25. The average molecular weight is 1020 g/mol. The van der Waals surface area contributed by atoms with Gasteiger partial charge in [0.25, 0.3) is 20.2 Å². The van der Waals surface area contributed by atoms with E-state index < -0.39 is 89.1 Å². The number of allylic oxidation sites excluding steroid dienone is 6. The van der Waals surface area contributed by atoms with Crippen LogP contribution in [-0.2, 0) is 61.2 Å². The quantitative estimate of drug-likeness (QED) is 0.0343. The summed E-state index contributed by atoms with van der Waals surface area (Å²) in [6, 6.07) is 14.0. The van der Waals surface area contributed by atoms with Crippen molar-refractivity contribution in [2.24, 2.45) is 0 Å². The van der Waals surface area contributed by atoms with Crippen LogP contribution in [0.5, 0.6) is 0 Å². The Labute approximate surface area is 393 Å². The Balaban J connectivity index is 1.45. The Morgan fingerprint density at radius 1 is 0.701 bits per heavy atom. The molecule has 17 nitrogen and oxygen atoms in total. The third-order valence-corrected chi connectivity index (χ3v) is 17.5. The molecule has 0 saturated carbocycles. The second kappa shape index (κ2) is 19.2. The molecule has 4 N–H and O–H groups in total. The molecule has 0 radical (unpaired) electrons. The van der Waals surface area contributed by atoms with Gasteiger partial charge < -0.3 is 9.45 Å². The van der Waals surface area contributed by atoms with Crippen molar-refractivity contribution in [1.29, 1.82) is 0 Å². The van der Waals surface area contributed by atoms with Gasteiger partial charge in [0.1, 0.15) is 6.54 Å². The summed E-state index contributed by atoms with van der Waals surface area (Å²) in [5.41, 5.74) is 2.77. The van der Waals surface area contributed by atoms with Gasteiger partial charge in [-0.1, -0.05) is 77.0 Å². The van der Waals surface area contributed by atoms with Crippen molar-refractivity contribution in [2.75, 3.05) is 42.6 Å². The second-order valence-corrected chi connectivity index (χ2v) is 25.5. The zero-order valence-corrected chi connectivity index (χ0v) is 42.1. The number of fused-ring (bicyclic) bond motifs is 6. The normalized spacial score (nSPS) is 17.2. The van der Waals surface area contributed by atoms with Gasteiger partial charge in [-0.2, -0.15) is 21.4 Å². The van der Waals surface area contributed by atoms with E-state index in [1.807, 2.05) is 30.4 Å². The maximum Gasteiger partial charge on any atom is 0.294 e. The van der Waals surface area contributed by atoms with Crippen LogP contribution in [0.15, 0.2) is 105 Å². The van der Waals surface area contributed by atoms with E-state index in [0.717, 1.165) is 60.3 Å². The van der Waals surface area contributed by atoms with Crippen LogP contribution in [0.4, 0.5) is 11.4 Å². The molecule has 4 aromatic carbocycles. The van der Waals surface area contributed by atoms with Crippen molar-refractivity contribution in [2.45, 2.75) is 92.7 Å². The summed E-state index contributed by atoms with van der Waals surface area (Å²) in [5.74, 6) is -1.66. The Morgan fingerprint density at radius 3 is 2.01 bits per heavy atom. The summed E-state index contributed by atoms with van der Waals surface area (Å²) in [7, 11) is -22.6. The zero-order chi connectivity index (χ0) is 49.5. The molecule has 67 heavy (non-hydrogen) atoms. The number of nitrogens with one attached hydrogen (secondary N) is 2. The molecule has 0 saturated heterocycles. The lowest BCUT2D eigenvalue weighted by molar-refractivity contribution is -0.437. The number of sulfonamides is 2. The molecule has 22 heteroatoms. The molecule has 0 unspecified atom stereocenters. The first-order chi connectivity index (χ1) is 31.1. The predicted molar refractivity (Wildman–Crippen MR) is 258 cm³/mol. The van der Waals surface area contributed by atoms with Crippen LogP contribution >= 0.6 is 0 Å². The highest BCUT2D eigenvalue weighted by molar-refractivity contribution is 7.90. The van der Waals surface area contributed by atoms with E-state index in [9.17, 15) is 55.7 Å². The van der Waals surface area contributed by atoms with Gasteiger partial charge in [0.15, 0.2) is 5.71 Å². The smallest absolute Gasteiger partial charge is 0.294 e. The Morgan fingerprint density at radius 2 is 1.37 bits per heavy atom. The van der Waals surface area contributed by atoms with E-state index in [-0.39, 0.29) is 35.2 Å². The van der Waals surface area contributed by atoms with Crippen molar-refractivity contribution in [3.63, 3.8) is 0 Å². The van der Waals surface area contributed by atoms with Crippen molar-refractivity contribution in [3.8, 4) is 0 Å². The number of hydrogen-bond acceptors (Lipinski definition) is 12. The molecule has 6 rings (SSSR count). The van der Waals surface area contributed by atoms with E-state index in [2.05, 4.69) is 35.1 Å². The second-order valence-electron chi connectivity index (χ2n) is 17.5. The molecular weight excluding hydrogens is 965 g/mol. The monoisotopic (exact) mass is 1020 g/mol. The lowest BCUT2D eigenvalue weighted by atomic mass is 9.79. The van der Waals surface area contributed by atoms with Gasteiger partial charge in [0.05, 0.1) is 36.0 Å². The fraction of sp³-hybridized carbons (Fsp3) is 0.400. The lowest BCUT2D eigenvalue weighted by Gasteiger charge is -2.27. The first kappa shape index (κ1) is 52.0. The van der Waals surface area contributed by atoms with Crippen molar-refractivity contribution >= 4 is 89.0 Å². The molecule has 0 fully saturated rings. The molecule has 0 spiro atoms. The van der Waals surface area contributed by atoms with Gasteiger partial charge in [0, 0.05) is 77.1 Å². The molecule has 2 heterocycles. The van der Waals surface area contributed by atoms with E-state index in [1.54, 1.807) is 61.8 Å². The first-order valence-electron chi connectivity index (χ1n) is 21.6. The number of hydrogen-bond donors (Lipinski definition) is 4. The Kier molecular flexibility index (Phi) is 14.9. The summed E-state index contributed by atoms with van der Waals surface area (Å²) in [5, 5.41) is 1.56. The largest absolute Gasteiger partial charge is 0.748 e. The molecule has 0 atom stereocenters. The molecule has 0 amide bonds. The minimum absolute atomic E-state index is 0.0157. The van der Waals surface area contributed by atoms with E-state index in [4.69, 9.17) is 0 Å². The van der Waals surface area contributed by atoms with Crippen molar-refractivity contribution in [1.82, 2.24) is 9.44 Å². The van der Waals surface area contributed by atoms with Gasteiger partial charge in [-0.25, -0.2) is 34.7 Å². The first-order valence-corrected chi connectivity index (χ1v) is 29.2. The van der Waals surface area contributed by atoms with Crippen LogP contribution in [0, 0.1) is 0 Å². The van der Waals surface area contributed by atoms with Gasteiger partial charge in [-0.15, -0.1) is 0 Å². The molecule has 364 valence electrons. The SMILES string of the molecule is CCCCCN1/C(=C/C=C/C=C/C2=[N+](CCCS(=O)(=O)[O-])c3ccc4c(S(=O)(=O)NCCS(=O)(=O)O)cc(S(=O)(=O)O)cc4c3C2(C)C)C(C)(C)c2c1ccc1c(S(=O)(=O)NCC)cccc21. The minimum atomic E-state index is -5.03. The number of benzene rings is 4. The summed E-state index contributed by atoms with van der Waals surface area (Å²) in [6.45, 7) is 11.9. The van der Waals surface area contributed by atoms with E-state index in [1.165, 1.54) is 6.07 Å². The third kappa shape index (κ3) is 10.9. The molecule has 2 aliphatic heterocycles. The molecule has 2 aliphatic rings. The van der Waals surface area contributed by atoms with Crippen LogP contribution in [-0.4, -0.2) is 104 Å². The average Bonchev–Trinajstić information content (AvgIpc) is 3.56. The van der Waals surface area contributed by atoms with Crippen LogP contribution in [0.25, 0.3) is 21.5 Å². The molecule has 0 aromatic heterocycles. The zero-order valence-electron chi connectivity index (χ0n) is 38.0. The number of unbranched alkanes of at least 4 members (excludes halogenated alkanes) is 2. The van der Waals surface area contributed by atoms with Gasteiger partial charge in [-0.3, -0.25) is 9.11 Å². The highest BCUT2D eigenvalue weighted by Crippen LogP contribution is 2.52. The van der Waals surface area contributed by atoms with Crippen molar-refractivity contribution < 1.29 is 60.3 Å². The number of rotatable bonds is 20. The molecular formula is C45H56N4O13S5. The molecule has 0 bridgehead atoms. The molecule has 0 aliphatic carbocycles. The fourth-order valence-corrected chi connectivity index (χ4v) is 13.4. The maximum absolute atomic E-state index is 13.6. The standard InChI is InChI=1S/C45H56N4O13S5/c1-7-9-13-25-48-36-22-20-32-34(16-14-17-38(32)65(56,57)46-8-2)42(36)44(3,4)40(48)18-11-10-12-19-41-45(5,6)43-35-29-31(67(60,61)62)30-39(66(58,59)47-24-28-64(53,54)55)33(35)21-23-37(43)49(41)26-15-27-63(50,51)52/h10-12,14,16-23,29-30,46-47H,7-9,13,15,24-28H2,1-6H3,(H2-,50,51,52,53,54,55,60,61,62).